The molecule has 0 aromatic heterocycles. The van der Waals surface area contributed by atoms with E-state index in [9.17, 15) is 10.1 Å². The molecule has 0 aliphatic carbocycles. The lowest BCUT2D eigenvalue weighted by Gasteiger charge is -2.33. The molecule has 0 unspecified atom stereocenters. The zero-order valence-electron chi connectivity index (χ0n) is 15.4. The normalized spacial score (nSPS) is 16.9. The summed E-state index contributed by atoms with van der Waals surface area (Å²) in [6, 6.07) is 12.3. The van der Waals surface area contributed by atoms with E-state index in [4.69, 9.17) is 0 Å². The molecule has 1 aliphatic heterocycles. The van der Waals surface area contributed by atoms with Gasteiger partial charge in [-0.25, -0.2) is 0 Å². The number of carbonyl (C=O) groups is 1. The number of Topliss-reactive ketones (excluding diaryl/α,β-unsaturated/α-hetero) is 1. The highest BCUT2D eigenvalue weighted by molar-refractivity contribution is 6.02. The number of nitriles is 1. The summed E-state index contributed by atoms with van der Waals surface area (Å²) < 4.78 is 0. The zero-order chi connectivity index (χ0) is 18.3. The Morgan fingerprint density at radius 3 is 2.36 bits per heavy atom. The molecule has 1 aromatic rings. The molecule has 4 heteroatoms. The SMILES string of the molecule is CC(C)(C)C(=O)C(C#N)=CN1CCN(CC=Cc2ccccc2)CC1. The lowest BCUT2D eigenvalue weighted by atomic mass is 9.87. The number of carbonyl (C=O) groups excluding carboxylic acids is 1. The molecular weight excluding hydrogens is 310 g/mol. The summed E-state index contributed by atoms with van der Waals surface area (Å²) in [6.07, 6.45) is 6.07. The second-order valence-corrected chi connectivity index (χ2v) is 7.38. The van der Waals surface area contributed by atoms with E-state index in [1.54, 1.807) is 6.20 Å². The highest BCUT2D eigenvalue weighted by Crippen LogP contribution is 2.20. The van der Waals surface area contributed by atoms with Crippen LogP contribution < -0.4 is 0 Å². The first-order valence-corrected chi connectivity index (χ1v) is 8.75. The van der Waals surface area contributed by atoms with Crippen molar-refractivity contribution in [1.82, 2.24) is 9.80 Å². The average Bonchev–Trinajstić information content (AvgIpc) is 2.60. The van der Waals surface area contributed by atoms with Gasteiger partial charge in [-0.2, -0.15) is 5.26 Å². The maximum absolute atomic E-state index is 12.3. The predicted molar refractivity (Wildman–Crippen MR) is 102 cm³/mol. The van der Waals surface area contributed by atoms with E-state index in [-0.39, 0.29) is 11.4 Å². The van der Waals surface area contributed by atoms with Crippen molar-refractivity contribution in [3.63, 3.8) is 0 Å². The minimum absolute atomic E-state index is 0.0942. The van der Waals surface area contributed by atoms with Crippen LogP contribution in [0.2, 0.25) is 0 Å². The van der Waals surface area contributed by atoms with Crippen molar-refractivity contribution in [3.8, 4) is 6.07 Å². The molecule has 4 nitrogen and oxygen atoms in total. The second kappa shape index (κ2) is 8.64. The molecule has 0 atom stereocenters. The first kappa shape index (κ1) is 19.0. The number of rotatable bonds is 5. The predicted octanol–water partition coefficient (Wildman–Crippen LogP) is 3.34. The van der Waals surface area contributed by atoms with Gasteiger partial charge in [-0.1, -0.05) is 63.3 Å². The zero-order valence-corrected chi connectivity index (χ0v) is 15.4. The van der Waals surface area contributed by atoms with E-state index in [0.717, 1.165) is 32.7 Å². The molecule has 1 aliphatic rings. The summed E-state index contributed by atoms with van der Waals surface area (Å²) >= 11 is 0. The molecule has 1 fully saturated rings. The summed E-state index contributed by atoms with van der Waals surface area (Å²) in [5.74, 6) is -0.0942. The van der Waals surface area contributed by atoms with Gasteiger partial charge in [-0.05, 0) is 5.56 Å². The molecular formula is C21H27N3O. The Kier molecular flexibility index (Phi) is 6.55. The van der Waals surface area contributed by atoms with Gasteiger partial charge in [0.15, 0.2) is 5.78 Å². The van der Waals surface area contributed by atoms with E-state index in [2.05, 4.69) is 40.2 Å². The van der Waals surface area contributed by atoms with E-state index in [0.29, 0.717) is 0 Å². The van der Waals surface area contributed by atoms with Gasteiger partial charge in [0, 0.05) is 44.3 Å². The summed E-state index contributed by atoms with van der Waals surface area (Å²) in [6.45, 7) is 9.98. The van der Waals surface area contributed by atoms with Gasteiger partial charge in [0.1, 0.15) is 11.6 Å². The average molecular weight is 337 g/mol. The first-order valence-electron chi connectivity index (χ1n) is 8.75. The number of nitrogens with zero attached hydrogens (tertiary/aromatic N) is 3. The highest BCUT2D eigenvalue weighted by atomic mass is 16.1. The minimum Gasteiger partial charge on any atom is -0.374 e. The number of benzene rings is 1. The van der Waals surface area contributed by atoms with Crippen LogP contribution in [0.3, 0.4) is 0 Å². The Hall–Kier alpha value is -2.38. The smallest absolute Gasteiger partial charge is 0.180 e. The lowest BCUT2D eigenvalue weighted by Crippen LogP contribution is -2.44. The van der Waals surface area contributed by atoms with Crippen molar-refractivity contribution in [2.45, 2.75) is 20.8 Å². The van der Waals surface area contributed by atoms with E-state index in [1.165, 1.54) is 5.56 Å². The molecule has 2 rings (SSSR count). The fraction of sp³-hybridized carbons (Fsp3) is 0.429. The molecule has 0 amide bonds. The number of ketones is 1. The van der Waals surface area contributed by atoms with Crippen LogP contribution in [-0.4, -0.2) is 48.3 Å². The Balaban J connectivity index is 1.85. The summed E-state index contributed by atoms with van der Waals surface area (Å²) in [5.41, 5.74) is 0.944. The molecule has 0 radical (unpaired) electrons. The standard InChI is InChI=1S/C21H27N3O/c1-21(2,3)20(25)19(16-22)17-24-14-12-23(13-15-24)11-7-10-18-8-5-4-6-9-18/h4-10,17H,11-15H2,1-3H3. The Morgan fingerprint density at radius 1 is 1.16 bits per heavy atom. The van der Waals surface area contributed by atoms with Gasteiger partial charge in [0.05, 0.1) is 0 Å². The Morgan fingerprint density at radius 2 is 1.80 bits per heavy atom. The Bertz CT molecular complexity index is 669. The van der Waals surface area contributed by atoms with Gasteiger partial charge in [-0.3, -0.25) is 9.69 Å². The van der Waals surface area contributed by atoms with Crippen molar-refractivity contribution < 1.29 is 4.79 Å². The number of allylic oxidation sites excluding steroid dienone is 1. The van der Waals surface area contributed by atoms with E-state index in [1.807, 2.05) is 39.0 Å². The summed E-state index contributed by atoms with van der Waals surface area (Å²) in [7, 11) is 0. The largest absolute Gasteiger partial charge is 0.374 e. The molecule has 0 bridgehead atoms. The van der Waals surface area contributed by atoms with Crippen LogP contribution in [-0.2, 0) is 4.79 Å². The van der Waals surface area contributed by atoms with Gasteiger partial charge in [-0.15, -0.1) is 0 Å². The molecule has 1 aromatic carbocycles. The van der Waals surface area contributed by atoms with Crippen LogP contribution in [0.5, 0.6) is 0 Å². The van der Waals surface area contributed by atoms with Gasteiger partial charge >= 0.3 is 0 Å². The molecule has 0 saturated carbocycles. The van der Waals surface area contributed by atoms with Crippen LogP contribution in [0, 0.1) is 16.7 Å². The summed E-state index contributed by atoms with van der Waals surface area (Å²) in [4.78, 5) is 16.7. The number of piperazine rings is 1. The number of hydrogen-bond donors (Lipinski definition) is 0. The fourth-order valence-corrected chi connectivity index (χ4v) is 2.70. The van der Waals surface area contributed by atoms with Crippen LogP contribution in [0.1, 0.15) is 26.3 Å². The topological polar surface area (TPSA) is 47.3 Å². The van der Waals surface area contributed by atoms with Crippen LogP contribution in [0.4, 0.5) is 0 Å². The third kappa shape index (κ3) is 5.88. The Labute approximate surface area is 151 Å². The second-order valence-electron chi connectivity index (χ2n) is 7.38. The fourth-order valence-electron chi connectivity index (χ4n) is 2.70. The monoisotopic (exact) mass is 337 g/mol. The van der Waals surface area contributed by atoms with Crippen molar-refractivity contribution >= 4 is 11.9 Å². The van der Waals surface area contributed by atoms with E-state index < -0.39 is 5.41 Å². The van der Waals surface area contributed by atoms with Crippen LogP contribution in [0.15, 0.2) is 48.2 Å². The molecule has 1 saturated heterocycles. The van der Waals surface area contributed by atoms with Gasteiger partial charge in [0.2, 0.25) is 0 Å². The van der Waals surface area contributed by atoms with Crippen molar-refractivity contribution in [3.05, 3.63) is 53.7 Å². The minimum atomic E-state index is -0.522. The van der Waals surface area contributed by atoms with Gasteiger partial charge < -0.3 is 4.90 Å². The van der Waals surface area contributed by atoms with Crippen LogP contribution >= 0.6 is 0 Å². The first-order chi connectivity index (χ1) is 11.9. The molecule has 25 heavy (non-hydrogen) atoms. The molecule has 1 heterocycles. The lowest BCUT2D eigenvalue weighted by molar-refractivity contribution is -0.122. The highest BCUT2D eigenvalue weighted by Gasteiger charge is 2.26. The van der Waals surface area contributed by atoms with Crippen molar-refractivity contribution in [1.29, 1.82) is 5.26 Å². The third-order valence-electron chi connectivity index (χ3n) is 4.24. The number of hydrogen-bond acceptors (Lipinski definition) is 4. The summed E-state index contributed by atoms with van der Waals surface area (Å²) in [5, 5.41) is 9.28. The van der Waals surface area contributed by atoms with Crippen molar-refractivity contribution in [2.75, 3.05) is 32.7 Å². The molecule has 132 valence electrons. The van der Waals surface area contributed by atoms with Gasteiger partial charge in [0.25, 0.3) is 0 Å². The maximum atomic E-state index is 12.3. The third-order valence-corrected chi connectivity index (χ3v) is 4.24. The van der Waals surface area contributed by atoms with Crippen molar-refractivity contribution in [2.24, 2.45) is 5.41 Å². The maximum Gasteiger partial charge on any atom is 0.180 e. The van der Waals surface area contributed by atoms with E-state index >= 15 is 0 Å². The molecule has 0 spiro atoms. The quantitative estimate of drug-likeness (QED) is 0.611. The van der Waals surface area contributed by atoms with Crippen LogP contribution in [0.25, 0.3) is 6.08 Å². The molecule has 0 N–H and O–H groups in total.